The second-order valence-corrected chi connectivity index (χ2v) is 6.39. The fraction of sp³-hybridized carbons (Fsp3) is 0.130. The third-order valence-corrected chi connectivity index (χ3v) is 4.60. The highest BCUT2D eigenvalue weighted by Gasteiger charge is 2.29. The lowest BCUT2D eigenvalue weighted by atomic mass is 10.1. The minimum absolute atomic E-state index is 0.0682. The molecule has 0 aliphatic carbocycles. The van der Waals surface area contributed by atoms with E-state index < -0.39 is 5.97 Å². The van der Waals surface area contributed by atoms with Crippen LogP contribution in [0.5, 0.6) is 28.7 Å². The first kappa shape index (κ1) is 20.1. The quantitative estimate of drug-likeness (QED) is 0.332. The minimum atomic E-state index is -0.653. The topological polar surface area (TPSA) is 93.4 Å². The van der Waals surface area contributed by atoms with Gasteiger partial charge >= 0.3 is 5.97 Å². The molecule has 0 saturated heterocycles. The molecule has 31 heavy (non-hydrogen) atoms. The standard InChI is InChI=1S/C23H18O8/c1-26-16-9-6-13(21(27-2)22(16)28-3)11-19-20(24)15-8-7-14(12-18(15)31-19)30-23(25)17-5-4-10-29-17/h4-12H,1-3H3. The molecule has 0 spiro atoms. The normalized spacial score (nSPS) is 13.5. The fourth-order valence-electron chi connectivity index (χ4n) is 3.16. The number of ether oxygens (including phenoxy) is 5. The molecule has 3 aromatic rings. The van der Waals surface area contributed by atoms with Gasteiger partial charge in [-0.05, 0) is 42.5 Å². The van der Waals surface area contributed by atoms with Crippen molar-refractivity contribution in [3.8, 4) is 28.7 Å². The van der Waals surface area contributed by atoms with E-state index in [-0.39, 0.29) is 28.8 Å². The first-order chi connectivity index (χ1) is 15.0. The molecule has 0 unspecified atom stereocenters. The van der Waals surface area contributed by atoms with Crippen molar-refractivity contribution < 1.29 is 37.7 Å². The molecule has 1 aromatic heterocycles. The first-order valence-electron chi connectivity index (χ1n) is 9.18. The largest absolute Gasteiger partial charge is 0.493 e. The van der Waals surface area contributed by atoms with Gasteiger partial charge in [0.05, 0.1) is 33.2 Å². The van der Waals surface area contributed by atoms with Gasteiger partial charge in [-0.2, -0.15) is 0 Å². The Kier molecular flexibility index (Phi) is 5.36. The summed E-state index contributed by atoms with van der Waals surface area (Å²) in [5.74, 6) is 0.985. The van der Waals surface area contributed by atoms with E-state index in [0.29, 0.717) is 28.4 Å². The van der Waals surface area contributed by atoms with Crippen LogP contribution < -0.4 is 23.7 Å². The van der Waals surface area contributed by atoms with Crippen molar-refractivity contribution in [3.63, 3.8) is 0 Å². The number of Topliss-reactive ketones (excluding diaryl/α,β-unsaturated/α-hetero) is 1. The van der Waals surface area contributed by atoms with E-state index in [0.717, 1.165) is 0 Å². The first-order valence-corrected chi connectivity index (χ1v) is 9.18. The highest BCUT2D eigenvalue weighted by Crippen LogP contribution is 2.42. The number of carbonyl (C=O) groups is 2. The van der Waals surface area contributed by atoms with Gasteiger partial charge in [-0.25, -0.2) is 4.79 Å². The van der Waals surface area contributed by atoms with Crippen molar-refractivity contribution in [2.24, 2.45) is 0 Å². The number of ketones is 1. The van der Waals surface area contributed by atoms with Gasteiger partial charge in [0.15, 0.2) is 17.3 Å². The molecule has 0 saturated carbocycles. The van der Waals surface area contributed by atoms with E-state index in [1.54, 1.807) is 24.3 Å². The molecular weight excluding hydrogens is 404 g/mol. The van der Waals surface area contributed by atoms with Crippen LogP contribution in [0.15, 0.2) is 58.9 Å². The van der Waals surface area contributed by atoms with Crippen LogP contribution >= 0.6 is 0 Å². The van der Waals surface area contributed by atoms with Crippen LogP contribution in [-0.2, 0) is 0 Å². The second kappa shape index (κ2) is 8.27. The lowest BCUT2D eigenvalue weighted by Crippen LogP contribution is -2.07. The summed E-state index contributed by atoms with van der Waals surface area (Å²) in [5.41, 5.74) is 0.921. The van der Waals surface area contributed by atoms with Crippen LogP contribution in [0, 0.1) is 0 Å². The SMILES string of the molecule is COc1ccc(C=C2Oc3cc(OC(=O)c4ccco4)ccc3C2=O)c(OC)c1OC. The number of allylic oxidation sites excluding steroid dienone is 1. The second-order valence-electron chi connectivity index (χ2n) is 6.39. The van der Waals surface area contributed by atoms with Crippen LogP contribution in [0.25, 0.3) is 6.08 Å². The number of rotatable bonds is 6. The Labute approximate surface area is 177 Å². The predicted molar refractivity (Wildman–Crippen MR) is 109 cm³/mol. The Morgan fingerprint density at radius 1 is 0.968 bits per heavy atom. The Balaban J connectivity index is 1.62. The number of furan rings is 1. The molecule has 0 fully saturated rings. The van der Waals surface area contributed by atoms with Crippen LogP contribution in [0.3, 0.4) is 0 Å². The molecule has 8 nitrogen and oxygen atoms in total. The molecule has 158 valence electrons. The summed E-state index contributed by atoms with van der Waals surface area (Å²) in [5, 5.41) is 0. The molecule has 0 amide bonds. The summed E-state index contributed by atoms with van der Waals surface area (Å²) in [4.78, 5) is 24.8. The summed E-state index contributed by atoms with van der Waals surface area (Å²) in [6, 6.07) is 11.0. The number of benzene rings is 2. The average molecular weight is 422 g/mol. The third-order valence-electron chi connectivity index (χ3n) is 4.60. The molecule has 0 radical (unpaired) electrons. The van der Waals surface area contributed by atoms with E-state index in [1.165, 1.54) is 51.9 Å². The van der Waals surface area contributed by atoms with Crippen molar-refractivity contribution >= 4 is 17.8 Å². The fourth-order valence-corrected chi connectivity index (χ4v) is 3.16. The summed E-state index contributed by atoms with van der Waals surface area (Å²) in [7, 11) is 4.51. The highest BCUT2D eigenvalue weighted by atomic mass is 16.6. The van der Waals surface area contributed by atoms with Gasteiger partial charge in [-0.15, -0.1) is 0 Å². The molecule has 1 aliphatic heterocycles. The molecule has 1 aliphatic rings. The van der Waals surface area contributed by atoms with E-state index in [4.69, 9.17) is 28.1 Å². The molecule has 0 bridgehead atoms. The van der Waals surface area contributed by atoms with Crippen LogP contribution in [0.1, 0.15) is 26.5 Å². The maximum atomic E-state index is 12.8. The summed E-state index contributed by atoms with van der Waals surface area (Å²) < 4.78 is 32.1. The van der Waals surface area contributed by atoms with Crippen molar-refractivity contribution in [1.29, 1.82) is 0 Å². The summed E-state index contributed by atoms with van der Waals surface area (Å²) in [6.45, 7) is 0. The molecule has 2 aromatic carbocycles. The summed E-state index contributed by atoms with van der Waals surface area (Å²) >= 11 is 0. The van der Waals surface area contributed by atoms with Crippen molar-refractivity contribution in [3.05, 3.63) is 71.4 Å². The summed E-state index contributed by atoms with van der Waals surface area (Å²) in [6.07, 6.45) is 2.93. The van der Waals surface area contributed by atoms with E-state index in [1.807, 2.05) is 0 Å². The Morgan fingerprint density at radius 2 is 1.77 bits per heavy atom. The van der Waals surface area contributed by atoms with Crippen LogP contribution in [0.2, 0.25) is 0 Å². The number of methoxy groups -OCH3 is 3. The molecular formula is C23H18O8. The van der Waals surface area contributed by atoms with Crippen LogP contribution in [-0.4, -0.2) is 33.1 Å². The van der Waals surface area contributed by atoms with Gasteiger partial charge in [0.25, 0.3) is 0 Å². The number of carbonyl (C=O) groups excluding carboxylic acids is 2. The monoisotopic (exact) mass is 422 g/mol. The Bertz CT molecular complexity index is 1170. The van der Waals surface area contributed by atoms with Gasteiger partial charge in [0.2, 0.25) is 17.3 Å². The van der Waals surface area contributed by atoms with Gasteiger partial charge in [0.1, 0.15) is 11.5 Å². The minimum Gasteiger partial charge on any atom is -0.493 e. The zero-order chi connectivity index (χ0) is 22.0. The lowest BCUT2D eigenvalue weighted by molar-refractivity contribution is 0.0701. The lowest BCUT2D eigenvalue weighted by Gasteiger charge is -2.14. The smallest absolute Gasteiger partial charge is 0.379 e. The maximum absolute atomic E-state index is 12.8. The third kappa shape index (κ3) is 3.71. The molecule has 0 N–H and O–H groups in total. The number of fused-ring (bicyclic) bond motifs is 1. The van der Waals surface area contributed by atoms with E-state index in [9.17, 15) is 9.59 Å². The van der Waals surface area contributed by atoms with Crippen LogP contribution in [0.4, 0.5) is 0 Å². The zero-order valence-corrected chi connectivity index (χ0v) is 17.0. The van der Waals surface area contributed by atoms with Crippen molar-refractivity contribution in [2.75, 3.05) is 21.3 Å². The Hall–Kier alpha value is -4.20. The molecule has 0 atom stereocenters. The highest BCUT2D eigenvalue weighted by molar-refractivity contribution is 6.14. The maximum Gasteiger partial charge on any atom is 0.379 e. The predicted octanol–water partition coefficient (Wildman–Crippen LogP) is 4.14. The van der Waals surface area contributed by atoms with E-state index in [2.05, 4.69) is 0 Å². The van der Waals surface area contributed by atoms with Crippen molar-refractivity contribution in [1.82, 2.24) is 0 Å². The van der Waals surface area contributed by atoms with E-state index >= 15 is 0 Å². The van der Waals surface area contributed by atoms with Crippen molar-refractivity contribution in [2.45, 2.75) is 0 Å². The zero-order valence-electron chi connectivity index (χ0n) is 17.0. The van der Waals surface area contributed by atoms with Gasteiger partial charge in [0, 0.05) is 11.6 Å². The van der Waals surface area contributed by atoms with Gasteiger partial charge < -0.3 is 28.1 Å². The molecule has 8 heteroatoms. The number of esters is 1. The molecule has 4 rings (SSSR count). The number of hydrogen-bond acceptors (Lipinski definition) is 8. The number of hydrogen-bond donors (Lipinski definition) is 0. The average Bonchev–Trinajstić information content (AvgIpc) is 3.42. The molecule has 2 heterocycles. The van der Waals surface area contributed by atoms with Gasteiger partial charge in [-0.1, -0.05) is 0 Å². The van der Waals surface area contributed by atoms with Gasteiger partial charge in [-0.3, -0.25) is 4.79 Å². The Morgan fingerprint density at radius 3 is 2.45 bits per heavy atom.